The van der Waals surface area contributed by atoms with Gasteiger partial charge in [0.15, 0.2) is 0 Å². The molecule has 0 radical (unpaired) electrons. The van der Waals surface area contributed by atoms with E-state index >= 15 is 0 Å². The topological polar surface area (TPSA) is 32.3 Å². The summed E-state index contributed by atoms with van der Waals surface area (Å²) in [6, 6.07) is 7.04. The van der Waals surface area contributed by atoms with E-state index in [-0.39, 0.29) is 5.91 Å². The van der Waals surface area contributed by atoms with Crippen molar-refractivity contribution in [2.24, 2.45) is 0 Å². The summed E-state index contributed by atoms with van der Waals surface area (Å²) in [4.78, 5) is 13.1. The lowest BCUT2D eigenvalue weighted by Crippen LogP contribution is -2.37. The molecule has 0 heterocycles. The van der Waals surface area contributed by atoms with E-state index in [4.69, 9.17) is 0 Å². The highest BCUT2D eigenvalue weighted by Gasteiger charge is 2.18. The van der Waals surface area contributed by atoms with Crippen LogP contribution in [0.25, 0.3) is 0 Å². The predicted octanol–water partition coefficient (Wildman–Crippen LogP) is 2.37. The lowest BCUT2D eigenvalue weighted by atomic mass is 9.88. The van der Waals surface area contributed by atoms with Gasteiger partial charge in [-0.05, 0) is 42.5 Å². The first-order valence-corrected chi connectivity index (χ1v) is 7.56. The van der Waals surface area contributed by atoms with Crippen LogP contribution in [0, 0.1) is 0 Å². The molecular formula is C15H21BrN2O. The number of hydrogen-bond acceptors (Lipinski definition) is 2. The van der Waals surface area contributed by atoms with Gasteiger partial charge in [-0.2, -0.15) is 0 Å². The van der Waals surface area contributed by atoms with Crippen molar-refractivity contribution >= 4 is 21.8 Å². The molecule has 1 aromatic rings. The van der Waals surface area contributed by atoms with Gasteiger partial charge in [0.2, 0.25) is 5.91 Å². The highest BCUT2D eigenvalue weighted by atomic mass is 79.9. The summed E-state index contributed by atoms with van der Waals surface area (Å²) >= 11 is 3.52. The van der Waals surface area contributed by atoms with Crippen LogP contribution in [0.2, 0.25) is 0 Å². The zero-order valence-electron chi connectivity index (χ0n) is 11.6. The van der Waals surface area contributed by atoms with Crippen LogP contribution in [-0.4, -0.2) is 37.5 Å². The number of amides is 1. The Kier molecular flexibility index (Phi) is 4.99. The van der Waals surface area contributed by atoms with Crippen molar-refractivity contribution < 1.29 is 4.79 Å². The number of hydrogen-bond donors (Lipinski definition) is 1. The van der Waals surface area contributed by atoms with Crippen LogP contribution in [-0.2, 0) is 17.6 Å². The first-order valence-electron chi connectivity index (χ1n) is 6.77. The number of aryl methyl sites for hydroxylation is 1. The van der Waals surface area contributed by atoms with E-state index < -0.39 is 0 Å². The Morgan fingerprint density at radius 1 is 1.42 bits per heavy atom. The molecule has 1 unspecified atom stereocenters. The summed E-state index contributed by atoms with van der Waals surface area (Å²) < 4.78 is 1.16. The molecule has 0 fully saturated rings. The Morgan fingerprint density at radius 3 is 2.95 bits per heavy atom. The first-order chi connectivity index (χ1) is 9.06. The third kappa shape index (κ3) is 4.05. The molecule has 0 aliphatic heterocycles. The van der Waals surface area contributed by atoms with Gasteiger partial charge in [-0.3, -0.25) is 4.79 Å². The molecule has 0 aromatic heterocycles. The summed E-state index contributed by atoms with van der Waals surface area (Å²) in [5.74, 6) is 0.188. The number of fused-ring (bicyclic) bond motifs is 1. The normalized spacial score (nSPS) is 17.9. The van der Waals surface area contributed by atoms with Crippen LogP contribution < -0.4 is 5.32 Å². The molecule has 0 bridgehead atoms. The average Bonchev–Trinajstić information content (AvgIpc) is 2.38. The van der Waals surface area contributed by atoms with Crippen LogP contribution in [0.1, 0.15) is 24.0 Å². The second-order valence-corrected chi connectivity index (χ2v) is 6.26. The van der Waals surface area contributed by atoms with Gasteiger partial charge in [-0.1, -0.05) is 22.0 Å². The molecule has 19 heavy (non-hydrogen) atoms. The number of rotatable bonds is 4. The molecule has 0 saturated heterocycles. The fourth-order valence-electron chi connectivity index (χ4n) is 2.50. The van der Waals surface area contributed by atoms with Gasteiger partial charge in [-0.15, -0.1) is 0 Å². The summed E-state index contributed by atoms with van der Waals surface area (Å²) in [5, 5.41) is 3.50. The van der Waals surface area contributed by atoms with Crippen LogP contribution in [0.15, 0.2) is 22.7 Å². The van der Waals surface area contributed by atoms with Crippen molar-refractivity contribution in [3.63, 3.8) is 0 Å². The standard InChI is InChI=1S/C15H21BrN2O/c1-18(2)15(19)7-8-17-14-6-4-11-9-13(16)5-3-12(11)10-14/h3,5,9,14,17H,4,6-8,10H2,1-2H3. The molecular weight excluding hydrogens is 304 g/mol. The van der Waals surface area contributed by atoms with Gasteiger partial charge in [-0.25, -0.2) is 0 Å². The molecule has 1 amide bonds. The maximum atomic E-state index is 11.5. The number of halogens is 1. The Balaban J connectivity index is 1.82. The molecule has 1 aliphatic rings. The van der Waals surface area contributed by atoms with E-state index in [1.54, 1.807) is 19.0 Å². The molecule has 0 saturated carbocycles. The van der Waals surface area contributed by atoms with E-state index in [9.17, 15) is 4.79 Å². The van der Waals surface area contributed by atoms with E-state index in [1.807, 2.05) is 0 Å². The molecule has 104 valence electrons. The van der Waals surface area contributed by atoms with Crippen LogP contribution in [0.5, 0.6) is 0 Å². The van der Waals surface area contributed by atoms with Gasteiger partial charge >= 0.3 is 0 Å². The molecule has 0 spiro atoms. The van der Waals surface area contributed by atoms with E-state index in [0.717, 1.165) is 30.3 Å². The molecule has 1 N–H and O–H groups in total. The first kappa shape index (κ1) is 14.5. The SMILES string of the molecule is CN(C)C(=O)CCNC1CCc2cc(Br)ccc2C1. The number of benzene rings is 1. The Hall–Kier alpha value is -0.870. The van der Waals surface area contributed by atoms with Gasteiger partial charge in [0.1, 0.15) is 0 Å². The Bertz CT molecular complexity index is 459. The van der Waals surface area contributed by atoms with Crippen molar-refractivity contribution in [1.29, 1.82) is 0 Å². The molecule has 3 nitrogen and oxygen atoms in total. The van der Waals surface area contributed by atoms with Crippen molar-refractivity contribution in [3.05, 3.63) is 33.8 Å². The second-order valence-electron chi connectivity index (χ2n) is 5.35. The fraction of sp³-hybridized carbons (Fsp3) is 0.533. The number of nitrogens with zero attached hydrogens (tertiary/aromatic N) is 1. The van der Waals surface area contributed by atoms with Gasteiger partial charge in [0.25, 0.3) is 0 Å². The lowest BCUT2D eigenvalue weighted by Gasteiger charge is -2.26. The third-order valence-electron chi connectivity index (χ3n) is 3.67. The van der Waals surface area contributed by atoms with Crippen molar-refractivity contribution in [2.75, 3.05) is 20.6 Å². The average molecular weight is 325 g/mol. The molecule has 2 rings (SSSR count). The minimum absolute atomic E-state index is 0.188. The van der Waals surface area contributed by atoms with Crippen molar-refractivity contribution in [1.82, 2.24) is 10.2 Å². The number of carbonyl (C=O) groups excluding carboxylic acids is 1. The maximum Gasteiger partial charge on any atom is 0.223 e. The molecule has 1 aliphatic carbocycles. The zero-order valence-corrected chi connectivity index (χ0v) is 13.2. The third-order valence-corrected chi connectivity index (χ3v) is 4.16. The fourth-order valence-corrected chi connectivity index (χ4v) is 2.91. The highest BCUT2D eigenvalue weighted by Crippen LogP contribution is 2.24. The molecule has 1 atom stereocenters. The monoisotopic (exact) mass is 324 g/mol. The summed E-state index contributed by atoms with van der Waals surface area (Å²) in [5.41, 5.74) is 2.89. The highest BCUT2D eigenvalue weighted by molar-refractivity contribution is 9.10. The van der Waals surface area contributed by atoms with E-state index in [1.165, 1.54) is 11.1 Å². The zero-order chi connectivity index (χ0) is 13.8. The minimum atomic E-state index is 0.188. The Labute approximate surface area is 123 Å². The van der Waals surface area contributed by atoms with Crippen LogP contribution in [0.3, 0.4) is 0 Å². The Morgan fingerprint density at radius 2 is 2.21 bits per heavy atom. The number of carbonyl (C=O) groups is 1. The van der Waals surface area contributed by atoms with E-state index in [2.05, 4.69) is 39.4 Å². The van der Waals surface area contributed by atoms with Crippen LogP contribution >= 0.6 is 15.9 Å². The molecule has 4 heteroatoms. The summed E-state index contributed by atoms with van der Waals surface area (Å²) in [6.45, 7) is 0.771. The van der Waals surface area contributed by atoms with Gasteiger partial charge in [0, 0.05) is 37.6 Å². The van der Waals surface area contributed by atoms with Crippen molar-refractivity contribution in [2.45, 2.75) is 31.7 Å². The maximum absolute atomic E-state index is 11.5. The van der Waals surface area contributed by atoms with Crippen LogP contribution in [0.4, 0.5) is 0 Å². The quantitative estimate of drug-likeness (QED) is 0.922. The van der Waals surface area contributed by atoms with Gasteiger partial charge < -0.3 is 10.2 Å². The largest absolute Gasteiger partial charge is 0.349 e. The smallest absolute Gasteiger partial charge is 0.223 e. The molecule has 1 aromatic carbocycles. The van der Waals surface area contributed by atoms with Crippen molar-refractivity contribution in [3.8, 4) is 0 Å². The lowest BCUT2D eigenvalue weighted by molar-refractivity contribution is -0.128. The number of nitrogens with one attached hydrogen (secondary N) is 1. The second kappa shape index (κ2) is 6.53. The van der Waals surface area contributed by atoms with E-state index in [0.29, 0.717) is 12.5 Å². The minimum Gasteiger partial charge on any atom is -0.349 e. The predicted molar refractivity (Wildman–Crippen MR) is 81.3 cm³/mol. The summed E-state index contributed by atoms with van der Waals surface area (Å²) in [7, 11) is 3.61. The van der Waals surface area contributed by atoms with Gasteiger partial charge in [0.05, 0.1) is 0 Å². The summed E-state index contributed by atoms with van der Waals surface area (Å²) in [6.07, 6.45) is 3.92.